The van der Waals surface area contributed by atoms with Gasteiger partial charge in [0.2, 0.25) is 5.91 Å². The lowest BCUT2D eigenvalue weighted by Crippen LogP contribution is -2.49. The Balaban J connectivity index is 1.58. The van der Waals surface area contributed by atoms with E-state index in [0.717, 1.165) is 17.1 Å². The van der Waals surface area contributed by atoms with E-state index in [1.807, 2.05) is 24.8 Å². The van der Waals surface area contributed by atoms with Crippen molar-refractivity contribution in [2.45, 2.75) is 13.8 Å². The molecule has 1 N–H and O–H groups in total. The molecule has 1 aliphatic heterocycles. The molecule has 0 aliphatic carbocycles. The lowest BCUT2D eigenvalue weighted by atomic mass is 10.1. The van der Waals surface area contributed by atoms with Crippen LogP contribution in [0.15, 0.2) is 30.3 Å². The number of nitrogens with one attached hydrogen (secondary N) is 1. The fourth-order valence-electron chi connectivity index (χ4n) is 3.27. The van der Waals surface area contributed by atoms with E-state index < -0.39 is 0 Å². The van der Waals surface area contributed by atoms with Gasteiger partial charge in [0, 0.05) is 37.6 Å². The summed E-state index contributed by atoms with van der Waals surface area (Å²) < 4.78 is 13.2. The molecular weight excluding hydrogens is 345 g/mol. The van der Waals surface area contributed by atoms with Crippen molar-refractivity contribution in [3.63, 3.8) is 0 Å². The van der Waals surface area contributed by atoms with E-state index in [2.05, 4.69) is 21.3 Å². The van der Waals surface area contributed by atoms with Crippen LogP contribution in [0.3, 0.4) is 0 Å². The molecule has 0 saturated carbocycles. The van der Waals surface area contributed by atoms with Crippen LogP contribution in [0.2, 0.25) is 0 Å². The molecule has 140 valence electrons. The number of halogens is 1. The summed E-state index contributed by atoms with van der Waals surface area (Å²) in [7, 11) is 0. The van der Waals surface area contributed by atoms with Crippen LogP contribution in [0.1, 0.15) is 16.8 Å². The first kappa shape index (κ1) is 18.8. The van der Waals surface area contributed by atoms with Gasteiger partial charge in [0.05, 0.1) is 12.1 Å². The molecule has 1 aromatic carbocycles. The second-order valence-corrected chi connectivity index (χ2v) is 6.71. The van der Waals surface area contributed by atoms with E-state index in [9.17, 15) is 14.4 Å². The Morgan fingerprint density at radius 1 is 1.26 bits per heavy atom. The molecule has 2 aromatic rings. The van der Waals surface area contributed by atoms with Gasteiger partial charge in [-0.1, -0.05) is 6.07 Å². The van der Waals surface area contributed by atoms with Gasteiger partial charge >= 0.3 is 0 Å². The Bertz CT molecular complexity index is 884. The Morgan fingerprint density at radius 2 is 2.00 bits per heavy atom. The molecule has 1 aliphatic rings. The normalized spacial score (nSPS) is 14.7. The SMILES string of the molecule is Cc1cc(C)c(C#N)c(N2CCN(CC(=O)Nc3cccc(F)c3)CC2)n1. The third-order valence-electron chi connectivity index (χ3n) is 4.58. The van der Waals surface area contributed by atoms with Crippen molar-refractivity contribution in [2.75, 3.05) is 42.9 Å². The molecule has 3 rings (SSSR count). The van der Waals surface area contributed by atoms with Crippen molar-refractivity contribution in [1.29, 1.82) is 5.26 Å². The number of aryl methyl sites for hydroxylation is 2. The summed E-state index contributed by atoms with van der Waals surface area (Å²) in [5, 5.41) is 12.2. The maximum atomic E-state index is 13.2. The molecule has 6 nitrogen and oxygen atoms in total. The molecule has 0 spiro atoms. The average molecular weight is 367 g/mol. The van der Waals surface area contributed by atoms with Crippen molar-refractivity contribution in [3.05, 3.63) is 53.0 Å². The number of pyridine rings is 1. The number of hydrogen-bond donors (Lipinski definition) is 1. The first-order valence-corrected chi connectivity index (χ1v) is 8.87. The Labute approximate surface area is 158 Å². The smallest absolute Gasteiger partial charge is 0.238 e. The zero-order chi connectivity index (χ0) is 19.4. The van der Waals surface area contributed by atoms with Crippen LogP contribution in [0.25, 0.3) is 0 Å². The molecular formula is C20H22FN5O. The van der Waals surface area contributed by atoms with E-state index >= 15 is 0 Å². The number of rotatable bonds is 4. The first-order chi connectivity index (χ1) is 13.0. The molecule has 0 radical (unpaired) electrons. The molecule has 1 fully saturated rings. The van der Waals surface area contributed by atoms with E-state index in [1.54, 1.807) is 12.1 Å². The monoisotopic (exact) mass is 367 g/mol. The summed E-state index contributed by atoms with van der Waals surface area (Å²) in [5.74, 6) is 0.172. The van der Waals surface area contributed by atoms with Crippen molar-refractivity contribution in [1.82, 2.24) is 9.88 Å². The predicted molar refractivity (Wildman–Crippen MR) is 102 cm³/mol. The Hall–Kier alpha value is -2.98. The zero-order valence-electron chi connectivity index (χ0n) is 15.5. The molecule has 7 heteroatoms. The highest BCUT2D eigenvalue weighted by Crippen LogP contribution is 2.23. The fraction of sp³-hybridized carbons (Fsp3) is 0.350. The number of amides is 1. The van der Waals surface area contributed by atoms with Crippen molar-refractivity contribution in [2.24, 2.45) is 0 Å². The third kappa shape index (κ3) is 4.60. The zero-order valence-corrected chi connectivity index (χ0v) is 15.5. The minimum Gasteiger partial charge on any atom is -0.353 e. The number of benzene rings is 1. The second-order valence-electron chi connectivity index (χ2n) is 6.71. The van der Waals surface area contributed by atoms with Crippen LogP contribution in [0.4, 0.5) is 15.9 Å². The second kappa shape index (κ2) is 8.14. The lowest BCUT2D eigenvalue weighted by Gasteiger charge is -2.35. The summed E-state index contributed by atoms with van der Waals surface area (Å²) in [6.45, 7) is 6.85. The molecule has 0 atom stereocenters. The fourth-order valence-corrected chi connectivity index (χ4v) is 3.27. The summed E-state index contributed by atoms with van der Waals surface area (Å²) in [6, 6.07) is 10.0. The van der Waals surface area contributed by atoms with E-state index in [1.165, 1.54) is 12.1 Å². The lowest BCUT2D eigenvalue weighted by molar-refractivity contribution is -0.117. The largest absolute Gasteiger partial charge is 0.353 e. The standard InChI is InChI=1S/C20H22FN5O/c1-14-10-15(2)23-20(18(14)12-22)26-8-6-25(7-9-26)13-19(27)24-17-5-3-4-16(21)11-17/h3-5,10-11H,6-9,13H2,1-2H3,(H,24,27). The van der Waals surface area contributed by atoms with Gasteiger partial charge in [0.25, 0.3) is 0 Å². The van der Waals surface area contributed by atoms with Crippen LogP contribution in [0.5, 0.6) is 0 Å². The van der Waals surface area contributed by atoms with Gasteiger partial charge < -0.3 is 10.2 Å². The maximum Gasteiger partial charge on any atom is 0.238 e. The summed E-state index contributed by atoms with van der Waals surface area (Å²) in [4.78, 5) is 20.9. The quantitative estimate of drug-likeness (QED) is 0.899. The number of aromatic nitrogens is 1. The number of carbonyl (C=O) groups excluding carboxylic acids is 1. The summed E-state index contributed by atoms with van der Waals surface area (Å²) >= 11 is 0. The van der Waals surface area contributed by atoms with Crippen molar-refractivity contribution in [3.8, 4) is 6.07 Å². The predicted octanol–water partition coefficient (Wildman–Crippen LogP) is 2.47. The molecule has 27 heavy (non-hydrogen) atoms. The van der Waals surface area contributed by atoms with Gasteiger partial charge in [0.15, 0.2) is 0 Å². The van der Waals surface area contributed by atoms with E-state index in [0.29, 0.717) is 37.4 Å². The number of anilines is 2. The van der Waals surface area contributed by atoms with Crippen LogP contribution in [-0.2, 0) is 4.79 Å². The maximum absolute atomic E-state index is 13.2. The minimum atomic E-state index is -0.379. The first-order valence-electron chi connectivity index (χ1n) is 8.87. The third-order valence-corrected chi connectivity index (χ3v) is 4.58. The van der Waals surface area contributed by atoms with E-state index in [-0.39, 0.29) is 18.3 Å². The molecule has 1 saturated heterocycles. The number of nitriles is 1. The van der Waals surface area contributed by atoms with Crippen LogP contribution < -0.4 is 10.2 Å². The van der Waals surface area contributed by atoms with Gasteiger partial charge in [0.1, 0.15) is 17.7 Å². The highest BCUT2D eigenvalue weighted by atomic mass is 19.1. The highest BCUT2D eigenvalue weighted by molar-refractivity contribution is 5.92. The summed E-state index contributed by atoms with van der Waals surface area (Å²) in [6.07, 6.45) is 0. The van der Waals surface area contributed by atoms with Crippen molar-refractivity contribution >= 4 is 17.4 Å². The Morgan fingerprint density at radius 3 is 2.67 bits per heavy atom. The topological polar surface area (TPSA) is 72.3 Å². The molecule has 1 amide bonds. The molecule has 0 bridgehead atoms. The molecule has 2 heterocycles. The van der Waals surface area contributed by atoms with Crippen LogP contribution in [0, 0.1) is 31.0 Å². The van der Waals surface area contributed by atoms with Gasteiger partial charge in [-0.15, -0.1) is 0 Å². The van der Waals surface area contributed by atoms with Crippen molar-refractivity contribution < 1.29 is 9.18 Å². The van der Waals surface area contributed by atoms with Gasteiger partial charge in [-0.2, -0.15) is 5.26 Å². The van der Waals surface area contributed by atoms with Crippen LogP contribution in [-0.4, -0.2) is 48.5 Å². The highest BCUT2D eigenvalue weighted by Gasteiger charge is 2.23. The molecule has 0 unspecified atom stereocenters. The van der Waals surface area contributed by atoms with Gasteiger partial charge in [-0.3, -0.25) is 9.69 Å². The number of carbonyl (C=O) groups is 1. The Kier molecular flexibility index (Phi) is 5.67. The van der Waals surface area contributed by atoms with Crippen LogP contribution >= 0.6 is 0 Å². The number of hydrogen-bond acceptors (Lipinski definition) is 5. The van der Waals surface area contributed by atoms with Gasteiger partial charge in [-0.25, -0.2) is 9.37 Å². The minimum absolute atomic E-state index is 0.170. The number of nitrogens with zero attached hydrogens (tertiary/aromatic N) is 4. The van der Waals surface area contributed by atoms with E-state index in [4.69, 9.17) is 0 Å². The van der Waals surface area contributed by atoms with Gasteiger partial charge in [-0.05, 0) is 43.7 Å². The summed E-state index contributed by atoms with van der Waals surface area (Å²) in [5.41, 5.74) is 2.88. The number of piperazine rings is 1. The average Bonchev–Trinajstić information content (AvgIpc) is 2.61. The molecule has 1 aromatic heterocycles.